The van der Waals surface area contributed by atoms with Crippen molar-refractivity contribution < 1.29 is 4.79 Å². The Hall–Kier alpha value is -1.11. The van der Waals surface area contributed by atoms with Crippen LogP contribution in [0.3, 0.4) is 0 Å². The second-order valence-corrected chi connectivity index (χ2v) is 3.79. The summed E-state index contributed by atoms with van der Waals surface area (Å²) in [5.74, 6) is 0.984. The third-order valence-corrected chi connectivity index (χ3v) is 2.79. The molecule has 1 fully saturated rings. The molecule has 0 saturated heterocycles. The fourth-order valence-corrected chi connectivity index (χ4v) is 1.70. The maximum Gasteiger partial charge on any atom is 0.163 e. The topological polar surface area (TPSA) is 17.1 Å². The van der Waals surface area contributed by atoms with Crippen LogP contribution in [0.5, 0.6) is 0 Å². The third-order valence-electron chi connectivity index (χ3n) is 2.79. The molecule has 0 amide bonds. The lowest BCUT2D eigenvalue weighted by Crippen LogP contribution is -2.15. The number of carbonyl (C=O) groups is 1. The molecule has 1 heteroatoms. The summed E-state index contributed by atoms with van der Waals surface area (Å²) in [4.78, 5) is 11.6. The zero-order valence-corrected chi connectivity index (χ0v) is 7.70. The molecule has 1 nitrogen and oxygen atoms in total. The first-order valence-electron chi connectivity index (χ1n) is 4.94. The van der Waals surface area contributed by atoms with Crippen molar-refractivity contribution in [3.05, 3.63) is 35.9 Å². The fourth-order valence-electron chi connectivity index (χ4n) is 1.70. The van der Waals surface area contributed by atoms with Gasteiger partial charge in [-0.2, -0.15) is 0 Å². The quantitative estimate of drug-likeness (QED) is 0.644. The van der Waals surface area contributed by atoms with E-state index < -0.39 is 0 Å². The second kappa shape index (κ2) is 3.73. The number of hydrogen-bond acceptors (Lipinski definition) is 1. The van der Waals surface area contributed by atoms with E-state index in [1.807, 2.05) is 30.3 Å². The van der Waals surface area contributed by atoms with Crippen LogP contribution in [0.4, 0.5) is 0 Å². The van der Waals surface area contributed by atoms with Gasteiger partial charge < -0.3 is 0 Å². The molecular formula is C12H14O. The highest BCUT2D eigenvalue weighted by Gasteiger charge is 2.20. The van der Waals surface area contributed by atoms with Crippen LogP contribution in [0.1, 0.15) is 36.0 Å². The van der Waals surface area contributed by atoms with Crippen LogP contribution in [0.15, 0.2) is 30.3 Å². The lowest BCUT2D eigenvalue weighted by Gasteiger charge is -2.24. The van der Waals surface area contributed by atoms with Gasteiger partial charge in [0.05, 0.1) is 0 Å². The largest absolute Gasteiger partial charge is 0.294 e. The van der Waals surface area contributed by atoms with Gasteiger partial charge in [-0.3, -0.25) is 4.79 Å². The van der Waals surface area contributed by atoms with Gasteiger partial charge in [-0.15, -0.1) is 0 Å². The zero-order valence-electron chi connectivity index (χ0n) is 7.70. The Bertz CT molecular complexity index is 285. The average Bonchev–Trinajstić information content (AvgIpc) is 2.12. The molecule has 1 aliphatic rings. The van der Waals surface area contributed by atoms with E-state index in [1.165, 1.54) is 19.3 Å². The summed E-state index contributed by atoms with van der Waals surface area (Å²) in [5, 5.41) is 0. The summed E-state index contributed by atoms with van der Waals surface area (Å²) in [7, 11) is 0. The van der Waals surface area contributed by atoms with Gasteiger partial charge in [0, 0.05) is 12.0 Å². The highest BCUT2D eigenvalue weighted by Crippen LogP contribution is 2.30. The number of Topliss-reactive ketones (excluding diaryl/α,β-unsaturated/α-hetero) is 1. The van der Waals surface area contributed by atoms with Crippen molar-refractivity contribution in [2.45, 2.75) is 25.7 Å². The second-order valence-electron chi connectivity index (χ2n) is 3.79. The van der Waals surface area contributed by atoms with E-state index in [1.54, 1.807) is 0 Å². The minimum absolute atomic E-state index is 0.310. The van der Waals surface area contributed by atoms with Gasteiger partial charge in [0.15, 0.2) is 5.78 Å². The maximum absolute atomic E-state index is 11.6. The molecule has 1 aromatic rings. The molecule has 13 heavy (non-hydrogen) atoms. The van der Waals surface area contributed by atoms with Crippen molar-refractivity contribution in [1.82, 2.24) is 0 Å². The van der Waals surface area contributed by atoms with Crippen molar-refractivity contribution >= 4 is 5.78 Å². The van der Waals surface area contributed by atoms with Crippen molar-refractivity contribution in [2.75, 3.05) is 0 Å². The molecule has 0 aromatic heterocycles. The molecule has 0 heterocycles. The number of hydrogen-bond donors (Lipinski definition) is 0. The van der Waals surface area contributed by atoms with Gasteiger partial charge in [0.25, 0.3) is 0 Å². The minimum Gasteiger partial charge on any atom is -0.294 e. The molecule has 68 valence electrons. The monoisotopic (exact) mass is 174 g/mol. The molecule has 0 bridgehead atoms. The number of rotatable bonds is 3. The van der Waals surface area contributed by atoms with Crippen molar-refractivity contribution in [3.63, 3.8) is 0 Å². The van der Waals surface area contributed by atoms with E-state index in [-0.39, 0.29) is 0 Å². The van der Waals surface area contributed by atoms with E-state index in [0.717, 1.165) is 12.0 Å². The van der Waals surface area contributed by atoms with E-state index >= 15 is 0 Å². The van der Waals surface area contributed by atoms with Gasteiger partial charge in [0.1, 0.15) is 0 Å². The number of carbonyl (C=O) groups excluding carboxylic acids is 1. The van der Waals surface area contributed by atoms with Crippen LogP contribution in [-0.4, -0.2) is 5.78 Å². The average molecular weight is 174 g/mol. The highest BCUT2D eigenvalue weighted by atomic mass is 16.1. The Kier molecular flexibility index (Phi) is 2.44. The third kappa shape index (κ3) is 1.97. The zero-order chi connectivity index (χ0) is 9.10. The predicted octanol–water partition coefficient (Wildman–Crippen LogP) is 3.06. The van der Waals surface area contributed by atoms with Crippen LogP contribution in [0, 0.1) is 5.92 Å². The Labute approximate surface area is 78.8 Å². The molecule has 1 aromatic carbocycles. The summed E-state index contributed by atoms with van der Waals surface area (Å²) in [6.45, 7) is 0. The van der Waals surface area contributed by atoms with E-state index in [9.17, 15) is 4.79 Å². The molecule has 0 atom stereocenters. The Morgan fingerprint density at radius 3 is 2.46 bits per heavy atom. The van der Waals surface area contributed by atoms with Gasteiger partial charge in [0.2, 0.25) is 0 Å². The van der Waals surface area contributed by atoms with Crippen molar-refractivity contribution in [3.8, 4) is 0 Å². The Balaban J connectivity index is 1.97. The SMILES string of the molecule is O=C(CC1CCC1)c1ccccc1. The molecule has 1 saturated carbocycles. The van der Waals surface area contributed by atoms with Crippen LogP contribution in [0.2, 0.25) is 0 Å². The molecule has 0 unspecified atom stereocenters. The highest BCUT2D eigenvalue weighted by molar-refractivity contribution is 5.96. The molecule has 2 rings (SSSR count). The minimum atomic E-state index is 0.310. The molecule has 0 radical (unpaired) electrons. The van der Waals surface area contributed by atoms with E-state index in [0.29, 0.717) is 11.7 Å². The van der Waals surface area contributed by atoms with Crippen LogP contribution in [-0.2, 0) is 0 Å². The van der Waals surface area contributed by atoms with Crippen molar-refractivity contribution in [2.24, 2.45) is 5.92 Å². The molecule has 1 aliphatic carbocycles. The van der Waals surface area contributed by atoms with E-state index in [2.05, 4.69) is 0 Å². The first kappa shape index (κ1) is 8.49. The summed E-state index contributed by atoms with van der Waals surface area (Å²) >= 11 is 0. The lowest BCUT2D eigenvalue weighted by molar-refractivity contribution is 0.0936. The summed E-state index contributed by atoms with van der Waals surface area (Å²) < 4.78 is 0. The van der Waals surface area contributed by atoms with Crippen LogP contribution < -0.4 is 0 Å². The Morgan fingerprint density at radius 2 is 1.92 bits per heavy atom. The maximum atomic E-state index is 11.6. The molecule has 0 spiro atoms. The van der Waals surface area contributed by atoms with Gasteiger partial charge >= 0.3 is 0 Å². The molecule has 0 aliphatic heterocycles. The standard InChI is InChI=1S/C12H14O/c13-12(9-10-5-4-6-10)11-7-2-1-3-8-11/h1-3,7-8,10H,4-6,9H2. The number of ketones is 1. The Morgan fingerprint density at radius 1 is 1.23 bits per heavy atom. The van der Waals surface area contributed by atoms with Crippen LogP contribution >= 0.6 is 0 Å². The first-order chi connectivity index (χ1) is 6.36. The summed E-state index contributed by atoms with van der Waals surface area (Å²) in [5.41, 5.74) is 0.870. The van der Waals surface area contributed by atoms with Gasteiger partial charge in [-0.1, -0.05) is 49.6 Å². The van der Waals surface area contributed by atoms with E-state index in [4.69, 9.17) is 0 Å². The molecule has 0 N–H and O–H groups in total. The predicted molar refractivity (Wildman–Crippen MR) is 52.7 cm³/mol. The summed E-state index contributed by atoms with van der Waals surface area (Å²) in [6.07, 6.45) is 4.56. The fraction of sp³-hybridized carbons (Fsp3) is 0.417. The number of benzene rings is 1. The van der Waals surface area contributed by atoms with Gasteiger partial charge in [-0.05, 0) is 5.92 Å². The van der Waals surface area contributed by atoms with Gasteiger partial charge in [-0.25, -0.2) is 0 Å². The summed E-state index contributed by atoms with van der Waals surface area (Å²) in [6, 6.07) is 9.60. The van der Waals surface area contributed by atoms with Crippen molar-refractivity contribution in [1.29, 1.82) is 0 Å². The molecular weight excluding hydrogens is 160 g/mol. The normalized spacial score (nSPS) is 16.6. The van der Waals surface area contributed by atoms with Crippen LogP contribution in [0.25, 0.3) is 0 Å². The first-order valence-corrected chi connectivity index (χ1v) is 4.94. The smallest absolute Gasteiger partial charge is 0.163 e. The lowest BCUT2D eigenvalue weighted by atomic mass is 9.81.